The van der Waals surface area contributed by atoms with Crippen molar-refractivity contribution in [1.82, 2.24) is 10.2 Å². The summed E-state index contributed by atoms with van der Waals surface area (Å²) in [6.45, 7) is 1.88. The van der Waals surface area contributed by atoms with Crippen LogP contribution in [0.2, 0.25) is 0 Å². The maximum absolute atomic E-state index is 12.3. The third kappa shape index (κ3) is 4.52. The first-order chi connectivity index (χ1) is 12.1. The van der Waals surface area contributed by atoms with E-state index in [1.165, 1.54) is 23.1 Å². The van der Waals surface area contributed by atoms with Crippen molar-refractivity contribution in [3.63, 3.8) is 0 Å². The van der Waals surface area contributed by atoms with Crippen LogP contribution in [0.3, 0.4) is 0 Å². The van der Waals surface area contributed by atoms with Crippen molar-refractivity contribution in [3.05, 3.63) is 71.3 Å². The molecular weight excluding hydrogens is 354 g/mol. The second-order valence-electron chi connectivity index (χ2n) is 5.22. The molecule has 1 aromatic heterocycles. The Morgan fingerprint density at radius 2 is 1.76 bits per heavy atom. The second kappa shape index (κ2) is 8.04. The van der Waals surface area contributed by atoms with Gasteiger partial charge < -0.3 is 0 Å². The van der Waals surface area contributed by atoms with Gasteiger partial charge in [0.25, 0.3) is 5.91 Å². The number of hydrogen-bond acceptors (Lipinski definition) is 6. The molecule has 25 heavy (non-hydrogen) atoms. The number of hydrogen-bond donors (Lipinski definition) is 1. The highest BCUT2D eigenvalue weighted by atomic mass is 32.2. The predicted octanol–water partition coefficient (Wildman–Crippen LogP) is 4.07. The standard InChI is InChI=1S/C18H15N3O2S2/c1-12-7-5-6-10-14(12)16(23)19-17-20-21-18(25-17)24-11-15(22)13-8-3-2-4-9-13/h2-10H,11H2,1H3,(H,19,20,23). The van der Waals surface area contributed by atoms with Crippen LogP contribution in [0.5, 0.6) is 0 Å². The number of carbonyl (C=O) groups is 2. The summed E-state index contributed by atoms with van der Waals surface area (Å²) in [7, 11) is 0. The van der Waals surface area contributed by atoms with Crippen molar-refractivity contribution < 1.29 is 9.59 Å². The second-order valence-corrected chi connectivity index (χ2v) is 7.42. The lowest BCUT2D eigenvalue weighted by Crippen LogP contribution is -2.12. The Bertz CT molecular complexity index is 894. The fraction of sp³-hybridized carbons (Fsp3) is 0.111. The van der Waals surface area contributed by atoms with Crippen molar-refractivity contribution in [2.24, 2.45) is 0 Å². The molecule has 0 bridgehead atoms. The van der Waals surface area contributed by atoms with Crippen LogP contribution < -0.4 is 5.32 Å². The number of benzene rings is 2. The molecule has 3 aromatic rings. The van der Waals surface area contributed by atoms with Crippen molar-refractivity contribution in [2.45, 2.75) is 11.3 Å². The van der Waals surface area contributed by atoms with E-state index in [1.54, 1.807) is 18.2 Å². The number of nitrogens with one attached hydrogen (secondary N) is 1. The fourth-order valence-electron chi connectivity index (χ4n) is 2.15. The smallest absolute Gasteiger partial charge is 0.257 e. The molecule has 0 fully saturated rings. The number of thioether (sulfide) groups is 1. The van der Waals surface area contributed by atoms with E-state index in [-0.39, 0.29) is 17.4 Å². The lowest BCUT2D eigenvalue weighted by molar-refractivity contribution is 0.101. The zero-order valence-corrected chi connectivity index (χ0v) is 15.1. The minimum Gasteiger partial charge on any atom is -0.296 e. The van der Waals surface area contributed by atoms with Gasteiger partial charge in [0.05, 0.1) is 5.75 Å². The lowest BCUT2D eigenvalue weighted by atomic mass is 10.1. The number of amides is 1. The number of aromatic nitrogens is 2. The molecule has 5 nitrogen and oxygen atoms in total. The maximum atomic E-state index is 12.3. The van der Waals surface area contributed by atoms with Gasteiger partial charge in [-0.15, -0.1) is 10.2 Å². The van der Waals surface area contributed by atoms with Gasteiger partial charge in [-0.25, -0.2) is 0 Å². The minimum atomic E-state index is -0.217. The van der Waals surface area contributed by atoms with Gasteiger partial charge in [0.15, 0.2) is 10.1 Å². The van der Waals surface area contributed by atoms with Crippen LogP contribution in [0.15, 0.2) is 58.9 Å². The molecule has 0 spiro atoms. The van der Waals surface area contributed by atoms with Crippen molar-refractivity contribution in [2.75, 3.05) is 11.1 Å². The molecular formula is C18H15N3O2S2. The average molecular weight is 369 g/mol. The summed E-state index contributed by atoms with van der Waals surface area (Å²) < 4.78 is 0.643. The van der Waals surface area contributed by atoms with E-state index in [0.717, 1.165) is 5.56 Å². The molecule has 0 saturated heterocycles. The van der Waals surface area contributed by atoms with Crippen molar-refractivity contribution in [3.8, 4) is 0 Å². The zero-order chi connectivity index (χ0) is 17.6. The Hall–Kier alpha value is -2.51. The number of anilines is 1. The zero-order valence-electron chi connectivity index (χ0n) is 13.4. The van der Waals surface area contributed by atoms with Crippen LogP contribution in [0.4, 0.5) is 5.13 Å². The van der Waals surface area contributed by atoms with Crippen LogP contribution >= 0.6 is 23.1 Å². The number of ketones is 1. The summed E-state index contributed by atoms with van der Waals surface area (Å²) in [6, 6.07) is 16.5. The Kier molecular flexibility index (Phi) is 5.57. The van der Waals surface area contributed by atoms with Gasteiger partial charge in [-0.2, -0.15) is 0 Å². The van der Waals surface area contributed by atoms with E-state index in [4.69, 9.17) is 0 Å². The molecule has 3 rings (SSSR count). The molecule has 7 heteroatoms. The van der Waals surface area contributed by atoms with Gasteiger partial charge in [0.1, 0.15) is 0 Å². The summed E-state index contributed by atoms with van der Waals surface area (Å²) in [5.41, 5.74) is 2.17. The monoisotopic (exact) mass is 369 g/mol. The largest absolute Gasteiger partial charge is 0.296 e. The summed E-state index contributed by atoms with van der Waals surface area (Å²) in [4.78, 5) is 24.4. The van der Waals surface area contributed by atoms with E-state index in [1.807, 2.05) is 43.3 Å². The minimum absolute atomic E-state index is 0.0336. The molecule has 2 aromatic carbocycles. The molecule has 1 heterocycles. The van der Waals surface area contributed by atoms with E-state index >= 15 is 0 Å². The molecule has 1 N–H and O–H groups in total. The topological polar surface area (TPSA) is 72.0 Å². The SMILES string of the molecule is Cc1ccccc1C(=O)Nc1nnc(SCC(=O)c2ccccc2)s1. The fourth-order valence-corrected chi connectivity index (χ4v) is 3.79. The van der Waals surface area contributed by atoms with E-state index in [0.29, 0.717) is 20.6 Å². The highest BCUT2D eigenvalue weighted by Crippen LogP contribution is 2.26. The van der Waals surface area contributed by atoms with Gasteiger partial charge in [-0.05, 0) is 18.6 Å². The lowest BCUT2D eigenvalue weighted by Gasteiger charge is -2.03. The van der Waals surface area contributed by atoms with Crippen molar-refractivity contribution >= 4 is 39.9 Å². The molecule has 0 aliphatic rings. The van der Waals surface area contributed by atoms with Gasteiger partial charge in [0.2, 0.25) is 5.13 Å². The molecule has 0 atom stereocenters. The van der Waals surface area contributed by atoms with Crippen LogP contribution in [-0.4, -0.2) is 27.6 Å². The third-order valence-electron chi connectivity index (χ3n) is 3.44. The van der Waals surface area contributed by atoms with Gasteiger partial charge in [-0.3, -0.25) is 14.9 Å². The number of nitrogens with zero attached hydrogens (tertiary/aromatic N) is 2. The first kappa shape index (κ1) is 17.3. The third-order valence-corrected chi connectivity index (χ3v) is 5.41. The summed E-state index contributed by atoms with van der Waals surface area (Å²) >= 11 is 2.57. The van der Waals surface area contributed by atoms with E-state index in [9.17, 15) is 9.59 Å². The summed E-state index contributed by atoms with van der Waals surface area (Å²) in [5.74, 6) is 0.0992. The van der Waals surface area contributed by atoms with Crippen LogP contribution in [-0.2, 0) is 0 Å². The molecule has 0 aliphatic carbocycles. The van der Waals surface area contributed by atoms with Crippen LogP contribution in [0, 0.1) is 6.92 Å². The van der Waals surface area contributed by atoms with Gasteiger partial charge >= 0.3 is 0 Å². The maximum Gasteiger partial charge on any atom is 0.257 e. The Labute approximate surface area is 153 Å². The number of rotatable bonds is 6. The van der Waals surface area contributed by atoms with Crippen molar-refractivity contribution in [1.29, 1.82) is 0 Å². The first-order valence-electron chi connectivity index (χ1n) is 7.55. The Morgan fingerprint density at radius 1 is 1.04 bits per heavy atom. The van der Waals surface area contributed by atoms with E-state index < -0.39 is 0 Å². The number of aryl methyl sites for hydroxylation is 1. The quantitative estimate of drug-likeness (QED) is 0.403. The first-order valence-corrected chi connectivity index (χ1v) is 9.35. The Morgan fingerprint density at radius 3 is 2.52 bits per heavy atom. The highest BCUT2D eigenvalue weighted by Gasteiger charge is 2.13. The average Bonchev–Trinajstić information content (AvgIpc) is 3.08. The predicted molar refractivity (Wildman–Crippen MR) is 101 cm³/mol. The summed E-state index contributed by atoms with van der Waals surface area (Å²) in [6.07, 6.45) is 0. The molecule has 0 unspecified atom stereocenters. The molecule has 0 radical (unpaired) electrons. The normalized spacial score (nSPS) is 10.4. The Balaban J connectivity index is 1.58. The van der Waals surface area contributed by atoms with Gasteiger partial charge in [-0.1, -0.05) is 71.6 Å². The molecule has 126 valence electrons. The molecule has 0 aliphatic heterocycles. The van der Waals surface area contributed by atoms with Crippen LogP contribution in [0.25, 0.3) is 0 Å². The number of carbonyl (C=O) groups excluding carboxylic acids is 2. The van der Waals surface area contributed by atoms with Crippen LogP contribution in [0.1, 0.15) is 26.3 Å². The molecule has 1 amide bonds. The van der Waals surface area contributed by atoms with Gasteiger partial charge in [0, 0.05) is 11.1 Å². The highest BCUT2D eigenvalue weighted by molar-refractivity contribution is 8.01. The summed E-state index contributed by atoms with van der Waals surface area (Å²) in [5, 5.41) is 11.1. The van der Waals surface area contributed by atoms with E-state index in [2.05, 4.69) is 15.5 Å². The molecule has 0 saturated carbocycles. The number of Topliss-reactive ketones (excluding diaryl/α,β-unsaturated/α-hetero) is 1.